The number of esters is 2. The lowest BCUT2D eigenvalue weighted by molar-refractivity contribution is -0.155. The van der Waals surface area contributed by atoms with Gasteiger partial charge in [-0.1, -0.05) is 92.4 Å². The van der Waals surface area contributed by atoms with Crippen LogP contribution in [0.15, 0.2) is 84.4 Å². The first-order chi connectivity index (χ1) is 20.5. The molecular weight excluding hydrogens is 566 g/mol. The van der Waals surface area contributed by atoms with Crippen molar-refractivity contribution in [2.24, 2.45) is 11.7 Å². The van der Waals surface area contributed by atoms with E-state index in [4.69, 9.17) is 24.7 Å². The predicted molar refractivity (Wildman–Crippen MR) is 165 cm³/mol. The SMILES string of the molecule is C[Si](C)(C)CCOCOc1cccc(/C=C(/C(N)=O)[C@H](CC(=O)OCc2ccccc2)C(=O)OCc2ccccc2)c1O. The maximum atomic E-state index is 13.3. The molecule has 0 spiro atoms. The van der Waals surface area contributed by atoms with E-state index in [0.717, 1.165) is 17.2 Å². The quantitative estimate of drug-likeness (QED) is 0.0724. The molecule has 0 heterocycles. The van der Waals surface area contributed by atoms with Crippen molar-refractivity contribution in [3.05, 3.63) is 101 Å². The van der Waals surface area contributed by atoms with E-state index in [1.807, 2.05) is 24.3 Å². The number of amides is 1. The van der Waals surface area contributed by atoms with Crippen molar-refractivity contribution in [2.75, 3.05) is 13.4 Å². The van der Waals surface area contributed by atoms with Crippen LogP contribution in [0.25, 0.3) is 6.08 Å². The molecule has 0 bridgehead atoms. The summed E-state index contributed by atoms with van der Waals surface area (Å²) < 4.78 is 22.0. The van der Waals surface area contributed by atoms with E-state index in [1.54, 1.807) is 48.5 Å². The Morgan fingerprint density at radius 2 is 1.47 bits per heavy atom. The summed E-state index contributed by atoms with van der Waals surface area (Å²) in [4.78, 5) is 38.8. The second-order valence-corrected chi connectivity index (χ2v) is 16.8. The van der Waals surface area contributed by atoms with Gasteiger partial charge in [0, 0.05) is 25.8 Å². The second-order valence-electron chi connectivity index (χ2n) is 11.1. The number of phenols is 1. The summed E-state index contributed by atoms with van der Waals surface area (Å²) in [5.41, 5.74) is 7.12. The first-order valence-corrected chi connectivity index (χ1v) is 17.7. The number of ether oxygens (including phenoxy) is 4. The lowest BCUT2D eigenvalue weighted by atomic mass is 9.92. The lowest BCUT2D eigenvalue weighted by Gasteiger charge is -2.18. The number of phenolic OH excluding ortho intramolecular Hbond substituents is 1. The molecule has 0 saturated heterocycles. The van der Waals surface area contributed by atoms with Crippen LogP contribution in [0.3, 0.4) is 0 Å². The van der Waals surface area contributed by atoms with Crippen molar-refractivity contribution in [1.29, 1.82) is 0 Å². The summed E-state index contributed by atoms with van der Waals surface area (Å²) in [5, 5.41) is 10.9. The largest absolute Gasteiger partial charge is 0.504 e. The van der Waals surface area contributed by atoms with Crippen LogP contribution in [0.2, 0.25) is 25.7 Å². The fourth-order valence-corrected chi connectivity index (χ4v) is 4.70. The molecule has 1 amide bonds. The molecule has 3 aromatic rings. The van der Waals surface area contributed by atoms with E-state index in [0.29, 0.717) is 6.61 Å². The van der Waals surface area contributed by atoms with Gasteiger partial charge in [-0.2, -0.15) is 0 Å². The number of carbonyl (C=O) groups excluding carboxylic acids is 3. The first-order valence-electron chi connectivity index (χ1n) is 14.0. The standard InChI is InChI=1S/C33H39NO8Si/c1-43(2,3)18-17-39-23-42-29-16-10-15-26(31(29)36)19-27(32(34)37)28(33(38)41-22-25-13-8-5-9-14-25)20-30(35)40-21-24-11-6-4-7-12-24/h4-16,19,28,36H,17-18,20-23H2,1-3H3,(H2,34,37)/b27-19+/t28-/m0/s1. The summed E-state index contributed by atoms with van der Waals surface area (Å²) in [6, 6.07) is 23.7. The van der Waals surface area contributed by atoms with Gasteiger partial charge in [0.25, 0.3) is 0 Å². The summed E-state index contributed by atoms with van der Waals surface area (Å²) in [7, 11) is -1.27. The molecule has 0 fully saturated rings. The van der Waals surface area contributed by atoms with Crippen molar-refractivity contribution < 1.29 is 38.4 Å². The smallest absolute Gasteiger partial charge is 0.314 e. The minimum Gasteiger partial charge on any atom is -0.504 e. The minimum atomic E-state index is -1.39. The maximum absolute atomic E-state index is 13.3. The van der Waals surface area contributed by atoms with Gasteiger partial charge < -0.3 is 29.8 Å². The molecule has 0 aliphatic carbocycles. The van der Waals surface area contributed by atoms with Gasteiger partial charge in [0.15, 0.2) is 18.3 Å². The van der Waals surface area contributed by atoms with Gasteiger partial charge in [0.1, 0.15) is 13.2 Å². The highest BCUT2D eigenvalue weighted by Gasteiger charge is 2.32. The number of carbonyl (C=O) groups is 3. The maximum Gasteiger partial charge on any atom is 0.314 e. The topological polar surface area (TPSA) is 134 Å². The highest BCUT2D eigenvalue weighted by Crippen LogP contribution is 2.33. The van der Waals surface area contributed by atoms with E-state index in [2.05, 4.69) is 19.6 Å². The molecule has 0 aliphatic heterocycles. The molecule has 3 N–H and O–H groups in total. The van der Waals surface area contributed by atoms with Crippen LogP contribution >= 0.6 is 0 Å². The molecule has 0 radical (unpaired) electrons. The van der Waals surface area contributed by atoms with E-state index in [1.165, 1.54) is 12.1 Å². The highest BCUT2D eigenvalue weighted by molar-refractivity contribution is 6.76. The molecular formula is C33H39NO8Si. The highest BCUT2D eigenvalue weighted by atomic mass is 28.3. The van der Waals surface area contributed by atoms with E-state index >= 15 is 0 Å². The number of rotatable bonds is 16. The normalized spacial score (nSPS) is 12.3. The molecule has 0 aliphatic rings. The molecule has 3 rings (SSSR count). The molecule has 228 valence electrons. The summed E-state index contributed by atoms with van der Waals surface area (Å²) in [6.07, 6.45) is 0.757. The Balaban J connectivity index is 1.81. The van der Waals surface area contributed by atoms with Gasteiger partial charge in [-0.15, -0.1) is 0 Å². The monoisotopic (exact) mass is 605 g/mol. The Hall–Kier alpha value is -4.41. The number of hydrogen-bond acceptors (Lipinski definition) is 8. The number of benzene rings is 3. The molecule has 0 aromatic heterocycles. The molecule has 3 aromatic carbocycles. The Kier molecular flexibility index (Phi) is 12.5. The average molecular weight is 606 g/mol. The third-order valence-electron chi connectivity index (χ3n) is 6.42. The number of para-hydroxylation sites is 1. The molecule has 9 nitrogen and oxygen atoms in total. The third kappa shape index (κ3) is 11.4. The van der Waals surface area contributed by atoms with E-state index < -0.39 is 38.3 Å². The van der Waals surface area contributed by atoms with Crippen LogP contribution in [-0.2, 0) is 41.8 Å². The Bertz CT molecular complexity index is 1390. The van der Waals surface area contributed by atoms with Gasteiger partial charge in [0.2, 0.25) is 5.91 Å². The summed E-state index contributed by atoms with van der Waals surface area (Å²) in [6.45, 7) is 7.09. The summed E-state index contributed by atoms with van der Waals surface area (Å²) >= 11 is 0. The number of hydrogen-bond donors (Lipinski definition) is 2. The van der Waals surface area contributed by atoms with Gasteiger partial charge >= 0.3 is 11.9 Å². The second kappa shape index (κ2) is 16.3. The fraction of sp³-hybridized carbons (Fsp3) is 0.303. The average Bonchev–Trinajstić information content (AvgIpc) is 2.98. The summed E-state index contributed by atoms with van der Waals surface area (Å²) in [5.74, 6) is -4.08. The van der Waals surface area contributed by atoms with Gasteiger partial charge in [-0.25, -0.2) is 0 Å². The predicted octanol–water partition coefficient (Wildman–Crippen LogP) is 5.45. The van der Waals surface area contributed by atoms with E-state index in [-0.39, 0.29) is 42.6 Å². The fourth-order valence-electron chi connectivity index (χ4n) is 3.94. The van der Waals surface area contributed by atoms with Crippen LogP contribution in [0.1, 0.15) is 23.1 Å². The van der Waals surface area contributed by atoms with Crippen LogP contribution in [0.5, 0.6) is 11.5 Å². The number of primary amides is 1. The molecule has 10 heteroatoms. The molecule has 1 atom stereocenters. The molecule has 0 saturated carbocycles. The molecule has 0 unspecified atom stereocenters. The van der Waals surface area contributed by atoms with Crippen molar-refractivity contribution in [2.45, 2.75) is 45.3 Å². The van der Waals surface area contributed by atoms with Crippen molar-refractivity contribution in [1.82, 2.24) is 0 Å². The zero-order valence-corrected chi connectivity index (χ0v) is 25.8. The Morgan fingerprint density at radius 3 is 2.05 bits per heavy atom. The van der Waals surface area contributed by atoms with Crippen LogP contribution in [-0.4, -0.2) is 44.4 Å². The zero-order valence-electron chi connectivity index (χ0n) is 24.8. The third-order valence-corrected chi connectivity index (χ3v) is 8.12. The van der Waals surface area contributed by atoms with Crippen molar-refractivity contribution >= 4 is 32.0 Å². The van der Waals surface area contributed by atoms with Crippen molar-refractivity contribution in [3.63, 3.8) is 0 Å². The number of aromatic hydroxyl groups is 1. The Morgan fingerprint density at radius 1 is 0.860 bits per heavy atom. The minimum absolute atomic E-state index is 0.0126. The van der Waals surface area contributed by atoms with Crippen LogP contribution in [0, 0.1) is 5.92 Å². The Labute approximate surface area is 253 Å². The van der Waals surface area contributed by atoms with Crippen LogP contribution in [0.4, 0.5) is 0 Å². The van der Waals surface area contributed by atoms with Crippen LogP contribution < -0.4 is 10.5 Å². The van der Waals surface area contributed by atoms with Gasteiger partial charge in [0.05, 0.1) is 12.3 Å². The number of nitrogens with two attached hydrogens (primary N) is 1. The van der Waals surface area contributed by atoms with E-state index in [9.17, 15) is 19.5 Å². The lowest BCUT2D eigenvalue weighted by Crippen LogP contribution is -2.30. The van der Waals surface area contributed by atoms with Gasteiger partial charge in [-0.3, -0.25) is 14.4 Å². The zero-order chi connectivity index (χ0) is 31.2. The van der Waals surface area contributed by atoms with Crippen molar-refractivity contribution in [3.8, 4) is 11.5 Å². The van der Waals surface area contributed by atoms with Gasteiger partial charge in [-0.05, 0) is 29.3 Å². The first kappa shape index (κ1) is 33.1. The molecule has 43 heavy (non-hydrogen) atoms.